The molecule has 2 aliphatic carbocycles. The Bertz CT molecular complexity index is 345. The highest BCUT2D eigenvalue weighted by Crippen LogP contribution is 2.33. The van der Waals surface area contributed by atoms with Crippen LogP contribution in [-0.2, 0) is 4.74 Å². The van der Waals surface area contributed by atoms with E-state index in [1.807, 2.05) is 20.8 Å². The van der Waals surface area contributed by atoms with Crippen molar-refractivity contribution in [2.24, 2.45) is 5.92 Å². The average Bonchev–Trinajstić information content (AvgIpc) is 2.65. The second kappa shape index (κ2) is 5.92. The van der Waals surface area contributed by atoms with Crippen LogP contribution in [-0.4, -0.2) is 29.8 Å². The summed E-state index contributed by atoms with van der Waals surface area (Å²) in [6.45, 7) is 8.90. The number of nitrogens with one attached hydrogen (secondary N) is 2. The smallest absolute Gasteiger partial charge is 0.408 e. The Labute approximate surface area is 123 Å². The minimum absolute atomic E-state index is 0.0752. The zero-order valence-electron chi connectivity index (χ0n) is 13.4. The summed E-state index contributed by atoms with van der Waals surface area (Å²) in [5.41, 5.74) is -0.502. The highest BCUT2D eigenvalue weighted by atomic mass is 16.6. The van der Waals surface area contributed by atoms with Gasteiger partial charge in [0.25, 0.3) is 0 Å². The number of alkyl carbamates (subject to hydrolysis) is 1. The van der Waals surface area contributed by atoms with Gasteiger partial charge in [0.15, 0.2) is 0 Å². The SMILES string of the molecule is CC1CCC(NCC2(NC(=O)OC(C)(C)C)CCC2)C1. The predicted octanol–water partition coefficient (Wildman–Crippen LogP) is 3.21. The van der Waals surface area contributed by atoms with E-state index in [0.29, 0.717) is 6.04 Å². The highest BCUT2D eigenvalue weighted by molar-refractivity contribution is 5.69. The molecule has 2 N–H and O–H groups in total. The molecular formula is C16H30N2O2. The van der Waals surface area contributed by atoms with Gasteiger partial charge in [-0.1, -0.05) is 6.92 Å². The fourth-order valence-corrected chi connectivity index (χ4v) is 3.20. The van der Waals surface area contributed by atoms with Crippen molar-refractivity contribution in [3.8, 4) is 0 Å². The minimum Gasteiger partial charge on any atom is -0.444 e. The highest BCUT2D eigenvalue weighted by Gasteiger charge is 2.40. The molecule has 0 aromatic heterocycles. The van der Waals surface area contributed by atoms with Gasteiger partial charge in [-0.25, -0.2) is 4.79 Å². The van der Waals surface area contributed by atoms with Gasteiger partial charge in [-0.2, -0.15) is 0 Å². The van der Waals surface area contributed by atoms with E-state index in [0.717, 1.165) is 25.3 Å². The summed E-state index contributed by atoms with van der Waals surface area (Å²) in [5, 5.41) is 6.75. The topological polar surface area (TPSA) is 50.4 Å². The molecule has 116 valence electrons. The molecule has 2 saturated carbocycles. The number of ether oxygens (including phenoxy) is 1. The van der Waals surface area contributed by atoms with Crippen molar-refractivity contribution in [3.05, 3.63) is 0 Å². The second-order valence-corrected chi connectivity index (χ2v) is 7.76. The summed E-state index contributed by atoms with van der Waals surface area (Å²) >= 11 is 0. The van der Waals surface area contributed by atoms with E-state index in [-0.39, 0.29) is 11.6 Å². The van der Waals surface area contributed by atoms with Gasteiger partial charge in [0, 0.05) is 12.6 Å². The predicted molar refractivity (Wildman–Crippen MR) is 80.8 cm³/mol. The lowest BCUT2D eigenvalue weighted by Gasteiger charge is -2.43. The molecule has 0 radical (unpaired) electrons. The number of carbonyl (C=O) groups is 1. The molecule has 4 heteroatoms. The van der Waals surface area contributed by atoms with E-state index in [9.17, 15) is 4.79 Å². The monoisotopic (exact) mass is 282 g/mol. The van der Waals surface area contributed by atoms with Crippen molar-refractivity contribution in [1.82, 2.24) is 10.6 Å². The van der Waals surface area contributed by atoms with Crippen LogP contribution in [0.25, 0.3) is 0 Å². The van der Waals surface area contributed by atoms with Crippen LogP contribution >= 0.6 is 0 Å². The Morgan fingerprint density at radius 2 is 2.00 bits per heavy atom. The Morgan fingerprint density at radius 1 is 1.30 bits per heavy atom. The third-order valence-electron chi connectivity index (χ3n) is 4.50. The van der Waals surface area contributed by atoms with E-state index >= 15 is 0 Å². The molecule has 2 rings (SSSR count). The van der Waals surface area contributed by atoms with E-state index in [1.165, 1.54) is 25.7 Å². The zero-order valence-corrected chi connectivity index (χ0v) is 13.4. The first-order chi connectivity index (χ1) is 9.28. The molecule has 2 atom stereocenters. The number of carbonyl (C=O) groups excluding carboxylic acids is 1. The lowest BCUT2D eigenvalue weighted by Crippen LogP contribution is -2.60. The lowest BCUT2D eigenvalue weighted by atomic mass is 9.76. The molecule has 0 aromatic carbocycles. The van der Waals surface area contributed by atoms with Crippen LogP contribution < -0.4 is 10.6 Å². The van der Waals surface area contributed by atoms with Crippen LogP contribution in [0.5, 0.6) is 0 Å². The normalized spacial score (nSPS) is 28.8. The molecule has 0 spiro atoms. The van der Waals surface area contributed by atoms with Crippen LogP contribution in [0, 0.1) is 5.92 Å². The van der Waals surface area contributed by atoms with Crippen molar-refractivity contribution in [3.63, 3.8) is 0 Å². The zero-order chi connectivity index (χ0) is 14.8. The average molecular weight is 282 g/mol. The Kier molecular flexibility index (Phi) is 4.62. The number of hydrogen-bond donors (Lipinski definition) is 2. The molecule has 20 heavy (non-hydrogen) atoms. The van der Waals surface area contributed by atoms with Gasteiger partial charge < -0.3 is 15.4 Å². The summed E-state index contributed by atoms with van der Waals surface area (Å²) in [6, 6.07) is 0.628. The molecular weight excluding hydrogens is 252 g/mol. The third kappa shape index (κ3) is 4.37. The molecule has 0 aliphatic heterocycles. The van der Waals surface area contributed by atoms with Gasteiger partial charge in [0.05, 0.1) is 5.54 Å². The molecule has 0 bridgehead atoms. The van der Waals surface area contributed by atoms with Gasteiger partial charge in [0.1, 0.15) is 5.60 Å². The number of rotatable bonds is 4. The van der Waals surface area contributed by atoms with Gasteiger partial charge in [-0.15, -0.1) is 0 Å². The van der Waals surface area contributed by atoms with Crippen LogP contribution in [0.2, 0.25) is 0 Å². The molecule has 0 heterocycles. The molecule has 0 aromatic rings. The maximum absolute atomic E-state index is 12.0. The summed E-state index contributed by atoms with van der Waals surface area (Å²) in [5.74, 6) is 0.837. The summed E-state index contributed by atoms with van der Waals surface area (Å²) in [6.07, 6.45) is 6.89. The van der Waals surface area contributed by atoms with Crippen LogP contribution in [0.15, 0.2) is 0 Å². The quantitative estimate of drug-likeness (QED) is 0.832. The molecule has 2 unspecified atom stereocenters. The van der Waals surface area contributed by atoms with Crippen LogP contribution in [0.3, 0.4) is 0 Å². The van der Waals surface area contributed by atoms with Crippen molar-refractivity contribution >= 4 is 6.09 Å². The maximum Gasteiger partial charge on any atom is 0.408 e. The molecule has 1 amide bonds. The van der Waals surface area contributed by atoms with Gasteiger partial charge in [0.2, 0.25) is 0 Å². The first kappa shape index (κ1) is 15.6. The summed E-state index contributed by atoms with van der Waals surface area (Å²) in [7, 11) is 0. The van der Waals surface area contributed by atoms with Crippen molar-refractivity contribution < 1.29 is 9.53 Å². The Morgan fingerprint density at radius 3 is 2.45 bits per heavy atom. The van der Waals surface area contributed by atoms with Gasteiger partial charge in [-0.05, 0) is 65.2 Å². The Hall–Kier alpha value is -0.770. The Balaban J connectivity index is 1.79. The number of hydrogen-bond acceptors (Lipinski definition) is 3. The standard InChI is InChI=1S/C16H30N2O2/c1-12-6-7-13(10-12)17-11-16(8-5-9-16)18-14(19)20-15(2,3)4/h12-13,17H,5-11H2,1-4H3,(H,18,19). The van der Waals surface area contributed by atoms with E-state index < -0.39 is 5.60 Å². The third-order valence-corrected chi connectivity index (χ3v) is 4.50. The van der Waals surface area contributed by atoms with Crippen LogP contribution in [0.1, 0.15) is 66.2 Å². The molecule has 4 nitrogen and oxygen atoms in total. The largest absolute Gasteiger partial charge is 0.444 e. The van der Waals surface area contributed by atoms with Crippen molar-refractivity contribution in [2.75, 3.05) is 6.54 Å². The van der Waals surface area contributed by atoms with Crippen molar-refractivity contribution in [2.45, 2.75) is 83.4 Å². The maximum atomic E-state index is 12.0. The van der Waals surface area contributed by atoms with E-state index in [2.05, 4.69) is 17.6 Å². The van der Waals surface area contributed by atoms with Crippen molar-refractivity contribution in [1.29, 1.82) is 0 Å². The van der Waals surface area contributed by atoms with E-state index in [1.54, 1.807) is 0 Å². The second-order valence-electron chi connectivity index (χ2n) is 7.76. The van der Waals surface area contributed by atoms with Crippen LogP contribution in [0.4, 0.5) is 4.79 Å². The lowest BCUT2D eigenvalue weighted by molar-refractivity contribution is 0.0379. The van der Waals surface area contributed by atoms with E-state index in [4.69, 9.17) is 4.74 Å². The molecule has 2 fully saturated rings. The fourth-order valence-electron chi connectivity index (χ4n) is 3.20. The minimum atomic E-state index is -0.427. The molecule has 2 aliphatic rings. The van der Waals surface area contributed by atoms with Gasteiger partial charge in [-0.3, -0.25) is 0 Å². The summed E-state index contributed by atoms with van der Waals surface area (Å²) < 4.78 is 5.38. The first-order valence-electron chi connectivity index (χ1n) is 8.03. The van der Waals surface area contributed by atoms with Gasteiger partial charge >= 0.3 is 6.09 Å². The number of amides is 1. The fraction of sp³-hybridized carbons (Fsp3) is 0.938. The summed E-state index contributed by atoms with van der Waals surface area (Å²) in [4.78, 5) is 12.0. The molecule has 0 saturated heterocycles. The first-order valence-corrected chi connectivity index (χ1v) is 8.03.